The Morgan fingerprint density at radius 2 is 2.46 bits per heavy atom. The number of nitrogens with one attached hydrogen (secondary N) is 2. The van der Waals surface area contributed by atoms with Crippen molar-refractivity contribution in [2.45, 2.75) is 12.5 Å². The fraction of sp³-hybridized carbons (Fsp3) is 0.875. The second-order valence-corrected chi connectivity index (χ2v) is 3.27. The van der Waals surface area contributed by atoms with Gasteiger partial charge in [-0.1, -0.05) is 0 Å². The number of carbonyl (C=O) groups is 1. The molecule has 1 amide bonds. The average molecular weight is 188 g/mol. The Balaban J connectivity index is 2.16. The van der Waals surface area contributed by atoms with E-state index in [1.54, 1.807) is 0 Å². The lowest BCUT2D eigenvalue weighted by molar-refractivity contribution is -0.125. The Hall–Kier alpha value is -0.650. The summed E-state index contributed by atoms with van der Waals surface area (Å²) in [5.74, 6) is -0.0246. The molecule has 5 nitrogen and oxygen atoms in total. The van der Waals surface area contributed by atoms with Gasteiger partial charge in [0.2, 0.25) is 5.91 Å². The highest BCUT2D eigenvalue weighted by atomic mass is 16.3. The van der Waals surface area contributed by atoms with E-state index in [2.05, 4.69) is 10.6 Å². The minimum absolute atomic E-state index is 0.0193. The van der Waals surface area contributed by atoms with Crippen LogP contribution in [0.3, 0.4) is 0 Å². The lowest BCUT2D eigenvalue weighted by Crippen LogP contribution is -2.38. The van der Waals surface area contributed by atoms with E-state index in [0.29, 0.717) is 6.54 Å². The average Bonchev–Trinajstić information content (AvgIpc) is 2.66. The zero-order valence-electron chi connectivity index (χ0n) is 7.49. The predicted octanol–water partition coefficient (Wildman–Crippen LogP) is -1.93. The lowest BCUT2D eigenvalue weighted by Gasteiger charge is -2.11. The number of aliphatic hydroxyl groups is 2. The molecule has 13 heavy (non-hydrogen) atoms. The number of hydrogen-bond donors (Lipinski definition) is 4. The number of aliphatic hydroxyl groups excluding tert-OH is 2. The van der Waals surface area contributed by atoms with Gasteiger partial charge in [-0.3, -0.25) is 4.79 Å². The molecule has 5 heteroatoms. The number of amides is 1. The van der Waals surface area contributed by atoms with Crippen molar-refractivity contribution in [2.75, 3.05) is 26.2 Å². The van der Waals surface area contributed by atoms with Crippen LogP contribution in [0.1, 0.15) is 6.42 Å². The van der Waals surface area contributed by atoms with Crippen LogP contribution >= 0.6 is 0 Å². The van der Waals surface area contributed by atoms with Gasteiger partial charge >= 0.3 is 0 Å². The van der Waals surface area contributed by atoms with E-state index in [9.17, 15) is 4.79 Å². The van der Waals surface area contributed by atoms with E-state index in [1.807, 2.05) is 0 Å². The maximum atomic E-state index is 11.3. The summed E-state index contributed by atoms with van der Waals surface area (Å²) in [7, 11) is 0. The molecule has 0 aromatic rings. The molecule has 1 heterocycles. The van der Waals surface area contributed by atoms with Crippen LogP contribution in [0, 0.1) is 5.92 Å². The molecule has 1 saturated heterocycles. The lowest BCUT2D eigenvalue weighted by atomic mass is 10.1. The van der Waals surface area contributed by atoms with Gasteiger partial charge in [-0.2, -0.15) is 0 Å². The highest BCUT2D eigenvalue weighted by Gasteiger charge is 2.22. The van der Waals surface area contributed by atoms with Crippen LogP contribution in [-0.2, 0) is 4.79 Å². The van der Waals surface area contributed by atoms with Crippen molar-refractivity contribution in [1.29, 1.82) is 0 Å². The molecule has 0 saturated carbocycles. The van der Waals surface area contributed by atoms with Crippen LogP contribution < -0.4 is 10.6 Å². The summed E-state index contributed by atoms with van der Waals surface area (Å²) in [5, 5.41) is 23.1. The van der Waals surface area contributed by atoms with Crippen LogP contribution in [0.25, 0.3) is 0 Å². The molecule has 0 bridgehead atoms. The summed E-state index contributed by atoms with van der Waals surface area (Å²) >= 11 is 0. The molecule has 0 aromatic carbocycles. The van der Waals surface area contributed by atoms with Gasteiger partial charge in [0, 0.05) is 13.1 Å². The molecule has 0 radical (unpaired) electrons. The first-order valence-electron chi connectivity index (χ1n) is 4.51. The molecule has 1 fully saturated rings. The third-order valence-corrected chi connectivity index (χ3v) is 2.15. The Morgan fingerprint density at radius 3 is 3.00 bits per heavy atom. The molecular formula is C8H16N2O3. The summed E-state index contributed by atoms with van der Waals surface area (Å²) in [4.78, 5) is 11.3. The number of carbonyl (C=O) groups excluding carboxylic acids is 1. The molecule has 1 rings (SSSR count). The molecule has 0 aliphatic carbocycles. The SMILES string of the molecule is O=C(NCC(O)CO)C1CCNC1. The van der Waals surface area contributed by atoms with Crippen molar-refractivity contribution in [2.24, 2.45) is 5.92 Å². The largest absolute Gasteiger partial charge is 0.394 e. The molecule has 1 aliphatic heterocycles. The van der Waals surface area contributed by atoms with Gasteiger partial charge in [-0.05, 0) is 13.0 Å². The molecule has 2 unspecified atom stereocenters. The van der Waals surface area contributed by atoms with Crippen molar-refractivity contribution < 1.29 is 15.0 Å². The van der Waals surface area contributed by atoms with E-state index in [-0.39, 0.29) is 25.0 Å². The first-order chi connectivity index (χ1) is 6.24. The zero-order valence-corrected chi connectivity index (χ0v) is 7.49. The van der Waals surface area contributed by atoms with Crippen molar-refractivity contribution in [3.8, 4) is 0 Å². The third kappa shape index (κ3) is 3.30. The van der Waals surface area contributed by atoms with Gasteiger partial charge in [0.1, 0.15) is 0 Å². The highest BCUT2D eigenvalue weighted by molar-refractivity contribution is 5.79. The standard InChI is InChI=1S/C8H16N2O3/c11-5-7(12)4-10-8(13)6-1-2-9-3-6/h6-7,9,11-12H,1-5H2,(H,10,13). The van der Waals surface area contributed by atoms with Crippen LogP contribution in [0.5, 0.6) is 0 Å². The van der Waals surface area contributed by atoms with E-state index in [4.69, 9.17) is 10.2 Å². The second kappa shape index (κ2) is 5.16. The van der Waals surface area contributed by atoms with Gasteiger partial charge in [0.25, 0.3) is 0 Å². The van der Waals surface area contributed by atoms with Crippen LogP contribution in [0.4, 0.5) is 0 Å². The van der Waals surface area contributed by atoms with E-state index in [1.165, 1.54) is 0 Å². The summed E-state index contributed by atoms with van der Waals surface area (Å²) in [6.45, 7) is 1.40. The third-order valence-electron chi connectivity index (χ3n) is 2.15. The number of rotatable bonds is 4. The molecule has 76 valence electrons. The topological polar surface area (TPSA) is 81.6 Å². The fourth-order valence-electron chi connectivity index (χ4n) is 1.31. The minimum atomic E-state index is -0.849. The minimum Gasteiger partial charge on any atom is -0.394 e. The summed E-state index contributed by atoms with van der Waals surface area (Å²) in [5.41, 5.74) is 0. The van der Waals surface area contributed by atoms with Crippen LogP contribution in [0.2, 0.25) is 0 Å². The van der Waals surface area contributed by atoms with Gasteiger partial charge < -0.3 is 20.8 Å². The zero-order chi connectivity index (χ0) is 9.68. The maximum Gasteiger partial charge on any atom is 0.224 e. The van der Waals surface area contributed by atoms with Gasteiger partial charge in [0.15, 0.2) is 0 Å². The van der Waals surface area contributed by atoms with Crippen molar-refractivity contribution in [3.05, 3.63) is 0 Å². The quantitative estimate of drug-likeness (QED) is 0.414. The maximum absolute atomic E-state index is 11.3. The second-order valence-electron chi connectivity index (χ2n) is 3.27. The molecule has 4 N–H and O–H groups in total. The monoisotopic (exact) mass is 188 g/mol. The predicted molar refractivity (Wildman–Crippen MR) is 47.1 cm³/mol. The van der Waals surface area contributed by atoms with E-state index in [0.717, 1.165) is 13.0 Å². The van der Waals surface area contributed by atoms with E-state index < -0.39 is 6.10 Å². The summed E-state index contributed by atoms with van der Waals surface area (Å²) in [6.07, 6.45) is -0.000518. The van der Waals surface area contributed by atoms with E-state index >= 15 is 0 Å². The number of hydrogen-bond acceptors (Lipinski definition) is 4. The normalized spacial score (nSPS) is 24.3. The highest BCUT2D eigenvalue weighted by Crippen LogP contribution is 2.06. The van der Waals surface area contributed by atoms with Gasteiger partial charge in [-0.25, -0.2) is 0 Å². The summed E-state index contributed by atoms with van der Waals surface area (Å²) < 4.78 is 0. The van der Waals surface area contributed by atoms with Crippen molar-refractivity contribution >= 4 is 5.91 Å². The smallest absolute Gasteiger partial charge is 0.224 e. The Bertz CT molecular complexity index is 169. The van der Waals surface area contributed by atoms with Crippen molar-refractivity contribution in [1.82, 2.24) is 10.6 Å². The molecule has 1 aliphatic rings. The molecular weight excluding hydrogens is 172 g/mol. The molecule has 0 spiro atoms. The summed E-state index contributed by atoms with van der Waals surface area (Å²) in [6, 6.07) is 0. The Morgan fingerprint density at radius 1 is 1.69 bits per heavy atom. The first-order valence-corrected chi connectivity index (χ1v) is 4.51. The first kappa shape index (κ1) is 10.4. The Labute approximate surface area is 77.1 Å². The Kier molecular flexibility index (Phi) is 4.14. The fourth-order valence-corrected chi connectivity index (χ4v) is 1.31. The van der Waals surface area contributed by atoms with Crippen LogP contribution in [-0.4, -0.2) is 48.5 Å². The molecule has 0 aromatic heterocycles. The van der Waals surface area contributed by atoms with Gasteiger partial charge in [-0.15, -0.1) is 0 Å². The van der Waals surface area contributed by atoms with Crippen LogP contribution in [0.15, 0.2) is 0 Å². The molecule has 2 atom stereocenters. The van der Waals surface area contributed by atoms with Crippen molar-refractivity contribution in [3.63, 3.8) is 0 Å². The van der Waals surface area contributed by atoms with Gasteiger partial charge in [0.05, 0.1) is 18.6 Å².